The summed E-state index contributed by atoms with van der Waals surface area (Å²) in [6.45, 7) is 0.823. The first kappa shape index (κ1) is 14.0. The molecule has 0 bridgehead atoms. The number of aryl methyl sites for hydroxylation is 1. The van der Waals surface area contributed by atoms with Crippen LogP contribution in [0.2, 0.25) is 0 Å². The normalized spacial score (nSPS) is 20.8. The Morgan fingerprint density at radius 1 is 0.913 bits per heavy atom. The van der Waals surface area contributed by atoms with Gasteiger partial charge < -0.3 is 4.90 Å². The number of anilines is 2. The number of para-hydroxylation sites is 2. The third-order valence-corrected chi connectivity index (χ3v) is 4.66. The molecule has 2 aromatic rings. The Morgan fingerprint density at radius 3 is 2.48 bits per heavy atom. The van der Waals surface area contributed by atoms with E-state index in [2.05, 4.69) is 17.0 Å². The fraction of sp³-hybridized carbons (Fsp3) is 0.263. The molecule has 2 aliphatic rings. The minimum atomic E-state index is -0.385. The number of fused-ring (bicyclic) bond motifs is 1. The van der Waals surface area contributed by atoms with Gasteiger partial charge in [0.05, 0.1) is 12.1 Å². The van der Waals surface area contributed by atoms with Crippen molar-refractivity contribution < 1.29 is 9.59 Å². The van der Waals surface area contributed by atoms with Gasteiger partial charge in [0.2, 0.25) is 5.91 Å². The molecule has 1 saturated heterocycles. The molecule has 2 amide bonds. The van der Waals surface area contributed by atoms with Crippen LogP contribution in [0.3, 0.4) is 0 Å². The van der Waals surface area contributed by atoms with Crippen LogP contribution in [0.25, 0.3) is 0 Å². The van der Waals surface area contributed by atoms with Crippen molar-refractivity contribution >= 4 is 23.2 Å². The van der Waals surface area contributed by atoms with Gasteiger partial charge in [0.25, 0.3) is 5.91 Å². The second kappa shape index (κ2) is 5.54. The van der Waals surface area contributed by atoms with Crippen molar-refractivity contribution in [1.82, 2.24) is 0 Å². The molecule has 116 valence electrons. The zero-order chi connectivity index (χ0) is 15.8. The number of benzene rings is 2. The summed E-state index contributed by atoms with van der Waals surface area (Å²) >= 11 is 0. The predicted octanol–water partition coefficient (Wildman–Crippen LogP) is 2.77. The fourth-order valence-corrected chi connectivity index (χ4v) is 3.59. The van der Waals surface area contributed by atoms with E-state index in [0.717, 1.165) is 25.1 Å². The van der Waals surface area contributed by atoms with Crippen LogP contribution in [0.5, 0.6) is 0 Å². The number of carbonyl (C=O) groups excluding carboxylic acids is 2. The summed E-state index contributed by atoms with van der Waals surface area (Å²) < 4.78 is 0. The van der Waals surface area contributed by atoms with E-state index in [1.54, 1.807) is 0 Å². The van der Waals surface area contributed by atoms with E-state index in [-0.39, 0.29) is 24.3 Å². The quantitative estimate of drug-likeness (QED) is 0.801. The molecule has 2 aliphatic heterocycles. The molecule has 0 N–H and O–H groups in total. The summed E-state index contributed by atoms with van der Waals surface area (Å²) in [5, 5.41) is 0. The second-order valence-corrected chi connectivity index (χ2v) is 6.05. The number of hydrogen-bond donors (Lipinski definition) is 0. The molecule has 1 fully saturated rings. The number of hydrogen-bond acceptors (Lipinski definition) is 3. The monoisotopic (exact) mass is 306 g/mol. The highest BCUT2D eigenvalue weighted by atomic mass is 16.2. The average Bonchev–Trinajstić information content (AvgIpc) is 2.89. The zero-order valence-electron chi connectivity index (χ0n) is 12.8. The van der Waals surface area contributed by atoms with Crippen molar-refractivity contribution in [2.75, 3.05) is 16.3 Å². The van der Waals surface area contributed by atoms with Gasteiger partial charge >= 0.3 is 0 Å². The van der Waals surface area contributed by atoms with Crippen molar-refractivity contribution in [3.63, 3.8) is 0 Å². The molecular formula is C19H18N2O2. The van der Waals surface area contributed by atoms with Crippen molar-refractivity contribution in [3.8, 4) is 0 Å². The van der Waals surface area contributed by atoms with E-state index in [9.17, 15) is 9.59 Å². The number of amides is 2. The maximum absolute atomic E-state index is 12.9. The van der Waals surface area contributed by atoms with Gasteiger partial charge in [-0.15, -0.1) is 0 Å². The summed E-state index contributed by atoms with van der Waals surface area (Å²) in [7, 11) is 0. The van der Waals surface area contributed by atoms with Gasteiger partial charge in [0, 0.05) is 12.2 Å². The standard InChI is InChI=1S/C19H18N2O2/c22-18-13-17(19(23)21(18)15-9-2-1-3-10-15)20-12-6-8-14-7-4-5-11-16(14)20/h1-5,7,9-11,17H,6,8,12-13H2. The van der Waals surface area contributed by atoms with Crippen LogP contribution in [-0.2, 0) is 16.0 Å². The second-order valence-electron chi connectivity index (χ2n) is 6.05. The van der Waals surface area contributed by atoms with E-state index >= 15 is 0 Å². The number of nitrogens with zero attached hydrogens (tertiary/aromatic N) is 2. The largest absolute Gasteiger partial charge is 0.359 e. The van der Waals surface area contributed by atoms with Crippen LogP contribution in [0.15, 0.2) is 54.6 Å². The Morgan fingerprint density at radius 2 is 1.65 bits per heavy atom. The lowest BCUT2D eigenvalue weighted by Crippen LogP contribution is -2.44. The molecule has 4 nitrogen and oxygen atoms in total. The lowest BCUT2D eigenvalue weighted by molar-refractivity contribution is -0.121. The van der Waals surface area contributed by atoms with E-state index < -0.39 is 0 Å². The molecular weight excluding hydrogens is 288 g/mol. The Kier molecular flexibility index (Phi) is 3.37. The summed E-state index contributed by atoms with van der Waals surface area (Å²) in [5.41, 5.74) is 3.02. The first-order valence-electron chi connectivity index (χ1n) is 8.02. The molecule has 0 aromatic heterocycles. The minimum Gasteiger partial charge on any atom is -0.359 e. The minimum absolute atomic E-state index is 0.113. The molecule has 1 atom stereocenters. The molecule has 0 spiro atoms. The smallest absolute Gasteiger partial charge is 0.256 e. The van der Waals surface area contributed by atoms with Crippen molar-refractivity contribution in [1.29, 1.82) is 0 Å². The summed E-state index contributed by atoms with van der Waals surface area (Å²) in [4.78, 5) is 28.8. The topological polar surface area (TPSA) is 40.6 Å². The Hall–Kier alpha value is -2.62. The predicted molar refractivity (Wildman–Crippen MR) is 89.4 cm³/mol. The first-order valence-corrected chi connectivity index (χ1v) is 8.02. The number of rotatable bonds is 2. The fourth-order valence-electron chi connectivity index (χ4n) is 3.59. The van der Waals surface area contributed by atoms with Gasteiger partial charge in [-0.1, -0.05) is 36.4 Å². The summed E-state index contributed by atoms with van der Waals surface area (Å²) in [6, 6.07) is 17.0. The zero-order valence-corrected chi connectivity index (χ0v) is 12.8. The van der Waals surface area contributed by atoms with Gasteiger partial charge in [-0.05, 0) is 36.6 Å². The van der Waals surface area contributed by atoms with E-state index in [1.807, 2.05) is 42.5 Å². The lowest BCUT2D eigenvalue weighted by Gasteiger charge is -2.34. The Bertz CT molecular complexity index is 757. The number of carbonyl (C=O) groups is 2. The maximum Gasteiger partial charge on any atom is 0.256 e. The Balaban J connectivity index is 1.67. The molecule has 0 radical (unpaired) electrons. The molecule has 2 aromatic carbocycles. The summed E-state index contributed by atoms with van der Waals surface area (Å²) in [5.74, 6) is -0.229. The highest BCUT2D eigenvalue weighted by Crippen LogP contribution is 2.33. The molecule has 0 aliphatic carbocycles. The van der Waals surface area contributed by atoms with E-state index in [0.29, 0.717) is 5.69 Å². The van der Waals surface area contributed by atoms with Crippen molar-refractivity contribution in [3.05, 3.63) is 60.2 Å². The van der Waals surface area contributed by atoms with E-state index in [1.165, 1.54) is 10.5 Å². The van der Waals surface area contributed by atoms with Gasteiger partial charge in [-0.25, -0.2) is 4.90 Å². The average molecular weight is 306 g/mol. The molecule has 4 heteroatoms. The van der Waals surface area contributed by atoms with Crippen LogP contribution in [0.4, 0.5) is 11.4 Å². The van der Waals surface area contributed by atoms with Crippen LogP contribution in [-0.4, -0.2) is 24.4 Å². The van der Waals surface area contributed by atoms with Crippen LogP contribution in [0, 0.1) is 0 Å². The lowest BCUT2D eigenvalue weighted by atomic mass is 9.99. The van der Waals surface area contributed by atoms with Gasteiger partial charge in [-0.3, -0.25) is 9.59 Å². The SMILES string of the molecule is O=C1CC(N2CCCc3ccccc32)C(=O)N1c1ccccc1. The van der Waals surface area contributed by atoms with Gasteiger partial charge in [-0.2, -0.15) is 0 Å². The van der Waals surface area contributed by atoms with Crippen LogP contribution in [0.1, 0.15) is 18.4 Å². The van der Waals surface area contributed by atoms with Crippen molar-refractivity contribution in [2.45, 2.75) is 25.3 Å². The van der Waals surface area contributed by atoms with Gasteiger partial charge in [0.1, 0.15) is 6.04 Å². The molecule has 0 saturated carbocycles. The maximum atomic E-state index is 12.9. The highest BCUT2D eigenvalue weighted by Gasteiger charge is 2.43. The third kappa shape index (κ3) is 2.31. The summed E-state index contributed by atoms with van der Waals surface area (Å²) in [6.07, 6.45) is 2.30. The Labute approximate surface area is 135 Å². The van der Waals surface area contributed by atoms with E-state index in [4.69, 9.17) is 0 Å². The molecule has 2 heterocycles. The van der Waals surface area contributed by atoms with Crippen molar-refractivity contribution in [2.24, 2.45) is 0 Å². The molecule has 1 unspecified atom stereocenters. The first-order chi connectivity index (χ1) is 11.3. The third-order valence-electron chi connectivity index (χ3n) is 4.66. The number of imide groups is 1. The highest BCUT2D eigenvalue weighted by molar-refractivity contribution is 6.23. The molecule has 4 rings (SSSR count). The van der Waals surface area contributed by atoms with Crippen LogP contribution < -0.4 is 9.80 Å². The van der Waals surface area contributed by atoms with Crippen LogP contribution >= 0.6 is 0 Å². The molecule has 23 heavy (non-hydrogen) atoms. The van der Waals surface area contributed by atoms with Gasteiger partial charge in [0.15, 0.2) is 0 Å².